The van der Waals surface area contributed by atoms with Crippen molar-refractivity contribution in [2.75, 3.05) is 5.32 Å². The average molecular weight is 273 g/mol. The topological polar surface area (TPSA) is 99.0 Å². The van der Waals surface area contributed by atoms with Crippen LogP contribution < -0.4 is 16.8 Å². The summed E-state index contributed by atoms with van der Waals surface area (Å²) in [6.45, 7) is 2.80. The Balaban J connectivity index is 2.25. The lowest BCUT2D eigenvalue weighted by molar-refractivity contribution is 0.100. The Bertz CT molecular complexity index is 632. The van der Waals surface area contributed by atoms with Crippen molar-refractivity contribution < 1.29 is 4.79 Å². The molecular weight excluding hydrogens is 254 g/mol. The molecule has 1 aromatic carbocycles. The first-order chi connectivity index (χ1) is 9.54. The fourth-order valence-electron chi connectivity index (χ4n) is 2.26. The molecule has 6 nitrogen and oxygen atoms in total. The van der Waals surface area contributed by atoms with Crippen molar-refractivity contribution in [1.29, 1.82) is 0 Å². The van der Waals surface area contributed by atoms with E-state index in [9.17, 15) is 4.79 Å². The Morgan fingerprint density at radius 1 is 1.35 bits per heavy atom. The molecule has 5 N–H and O–H groups in total. The van der Waals surface area contributed by atoms with Crippen LogP contribution in [0.4, 0.5) is 5.82 Å². The van der Waals surface area contributed by atoms with Crippen molar-refractivity contribution in [2.24, 2.45) is 18.5 Å². The van der Waals surface area contributed by atoms with Crippen molar-refractivity contribution in [3.05, 3.63) is 46.6 Å². The van der Waals surface area contributed by atoms with Gasteiger partial charge in [0.05, 0.1) is 5.69 Å². The highest BCUT2D eigenvalue weighted by Crippen LogP contribution is 2.19. The first-order valence-electron chi connectivity index (χ1n) is 6.38. The van der Waals surface area contributed by atoms with Gasteiger partial charge < -0.3 is 16.8 Å². The second-order valence-electron chi connectivity index (χ2n) is 4.62. The third-order valence-electron chi connectivity index (χ3n) is 3.25. The van der Waals surface area contributed by atoms with Crippen LogP contribution in [0.3, 0.4) is 0 Å². The highest BCUT2D eigenvalue weighted by Gasteiger charge is 2.17. The number of anilines is 1. The number of nitrogens with one attached hydrogen (secondary N) is 1. The van der Waals surface area contributed by atoms with Crippen molar-refractivity contribution in [3.63, 3.8) is 0 Å². The largest absolute Gasteiger partial charge is 0.366 e. The minimum Gasteiger partial charge on any atom is -0.366 e. The van der Waals surface area contributed by atoms with E-state index in [1.807, 2.05) is 24.3 Å². The Kier molecular flexibility index (Phi) is 4.05. The van der Waals surface area contributed by atoms with Gasteiger partial charge in [-0.05, 0) is 18.1 Å². The maximum atomic E-state index is 11.5. The molecule has 0 aliphatic rings. The number of nitrogens with two attached hydrogens (primary N) is 2. The lowest BCUT2D eigenvalue weighted by Crippen LogP contribution is -2.16. The third kappa shape index (κ3) is 2.65. The number of hydrogen-bond acceptors (Lipinski definition) is 4. The van der Waals surface area contributed by atoms with Gasteiger partial charge in [0.1, 0.15) is 11.4 Å². The quantitative estimate of drug-likeness (QED) is 0.753. The number of carbonyl (C=O) groups is 1. The van der Waals surface area contributed by atoms with Crippen LogP contribution in [0, 0.1) is 6.92 Å². The van der Waals surface area contributed by atoms with Gasteiger partial charge >= 0.3 is 0 Å². The van der Waals surface area contributed by atoms with Crippen LogP contribution in [-0.4, -0.2) is 15.7 Å². The highest BCUT2D eigenvalue weighted by molar-refractivity contribution is 5.98. The monoisotopic (exact) mass is 273 g/mol. The molecule has 0 aliphatic carbocycles. The molecule has 2 rings (SSSR count). The molecule has 20 heavy (non-hydrogen) atoms. The maximum Gasteiger partial charge on any atom is 0.254 e. The molecule has 0 atom stereocenters. The second kappa shape index (κ2) is 5.75. The average Bonchev–Trinajstić information content (AvgIpc) is 2.71. The number of carbonyl (C=O) groups excluding carboxylic acids is 1. The second-order valence-corrected chi connectivity index (χ2v) is 4.62. The molecule has 2 aromatic rings. The number of hydrogen-bond donors (Lipinski definition) is 3. The van der Waals surface area contributed by atoms with Crippen LogP contribution in [-0.2, 0) is 20.1 Å². The summed E-state index contributed by atoms with van der Waals surface area (Å²) >= 11 is 0. The van der Waals surface area contributed by atoms with E-state index in [0.717, 1.165) is 11.1 Å². The van der Waals surface area contributed by atoms with Gasteiger partial charge in [-0.25, -0.2) is 0 Å². The van der Waals surface area contributed by atoms with E-state index in [1.165, 1.54) is 0 Å². The van der Waals surface area contributed by atoms with Crippen LogP contribution in [0.15, 0.2) is 24.3 Å². The van der Waals surface area contributed by atoms with E-state index in [1.54, 1.807) is 18.7 Å². The summed E-state index contributed by atoms with van der Waals surface area (Å²) in [4.78, 5) is 11.5. The highest BCUT2D eigenvalue weighted by atomic mass is 16.1. The molecule has 0 saturated carbocycles. The number of benzene rings is 1. The smallest absolute Gasteiger partial charge is 0.254 e. The van der Waals surface area contributed by atoms with E-state index >= 15 is 0 Å². The predicted octanol–water partition coefficient (Wildman–Crippen LogP) is 0.898. The Morgan fingerprint density at radius 3 is 2.60 bits per heavy atom. The lowest BCUT2D eigenvalue weighted by atomic mass is 10.1. The Morgan fingerprint density at radius 2 is 2.00 bits per heavy atom. The van der Waals surface area contributed by atoms with Gasteiger partial charge in [-0.1, -0.05) is 24.3 Å². The molecule has 0 aliphatic heterocycles. The number of aromatic nitrogens is 2. The molecule has 1 heterocycles. The molecule has 6 heteroatoms. The number of nitrogens with zero attached hydrogens (tertiary/aromatic N) is 2. The van der Waals surface area contributed by atoms with Crippen LogP contribution in [0.25, 0.3) is 0 Å². The summed E-state index contributed by atoms with van der Waals surface area (Å²) in [7, 11) is 1.77. The molecule has 0 spiro atoms. The summed E-state index contributed by atoms with van der Waals surface area (Å²) in [5.74, 6) is 0.145. The minimum atomic E-state index is -0.481. The molecule has 0 radical (unpaired) electrons. The molecule has 1 amide bonds. The fraction of sp³-hybridized carbons (Fsp3) is 0.286. The molecule has 0 saturated heterocycles. The van der Waals surface area contributed by atoms with Gasteiger partial charge in [-0.3, -0.25) is 9.48 Å². The number of aryl methyl sites for hydroxylation is 2. The first-order valence-corrected chi connectivity index (χ1v) is 6.38. The van der Waals surface area contributed by atoms with E-state index in [-0.39, 0.29) is 0 Å². The normalized spacial score (nSPS) is 10.6. The van der Waals surface area contributed by atoms with Crippen molar-refractivity contribution in [2.45, 2.75) is 20.0 Å². The molecule has 1 aromatic heterocycles. The minimum absolute atomic E-state index is 0.428. The van der Waals surface area contributed by atoms with Crippen molar-refractivity contribution in [3.8, 4) is 0 Å². The number of amides is 1. The summed E-state index contributed by atoms with van der Waals surface area (Å²) < 4.78 is 1.63. The first kappa shape index (κ1) is 14.1. The van der Waals surface area contributed by atoms with Gasteiger partial charge in [-0.15, -0.1) is 0 Å². The summed E-state index contributed by atoms with van der Waals surface area (Å²) in [6, 6.07) is 7.90. The van der Waals surface area contributed by atoms with Crippen LogP contribution in [0.1, 0.15) is 27.2 Å². The SMILES string of the molecule is Cc1nn(C)c(NCc2ccccc2CN)c1C(N)=O. The van der Waals surface area contributed by atoms with Gasteiger partial charge in [0.15, 0.2) is 0 Å². The van der Waals surface area contributed by atoms with E-state index in [4.69, 9.17) is 11.5 Å². The lowest BCUT2D eigenvalue weighted by Gasteiger charge is -2.11. The number of primary amides is 1. The fourth-order valence-corrected chi connectivity index (χ4v) is 2.26. The van der Waals surface area contributed by atoms with Crippen LogP contribution in [0.2, 0.25) is 0 Å². The van der Waals surface area contributed by atoms with Gasteiger partial charge in [-0.2, -0.15) is 5.10 Å². The molecule has 0 unspecified atom stereocenters. The van der Waals surface area contributed by atoms with E-state index < -0.39 is 5.91 Å². The molecular formula is C14H19N5O. The Labute approximate surface area is 117 Å². The van der Waals surface area contributed by atoms with Crippen molar-refractivity contribution in [1.82, 2.24) is 9.78 Å². The zero-order valence-electron chi connectivity index (χ0n) is 11.7. The third-order valence-corrected chi connectivity index (χ3v) is 3.25. The van der Waals surface area contributed by atoms with Crippen LogP contribution >= 0.6 is 0 Å². The van der Waals surface area contributed by atoms with Gasteiger partial charge in [0.2, 0.25) is 0 Å². The molecule has 106 valence electrons. The molecule has 0 bridgehead atoms. The van der Waals surface area contributed by atoms with Crippen LogP contribution in [0.5, 0.6) is 0 Å². The predicted molar refractivity (Wildman–Crippen MR) is 78.1 cm³/mol. The zero-order valence-corrected chi connectivity index (χ0v) is 11.7. The van der Waals surface area contributed by atoms with Gasteiger partial charge in [0.25, 0.3) is 5.91 Å². The summed E-state index contributed by atoms with van der Waals surface area (Å²) in [6.07, 6.45) is 0. The maximum absolute atomic E-state index is 11.5. The van der Waals surface area contributed by atoms with Gasteiger partial charge in [0, 0.05) is 20.1 Å². The van der Waals surface area contributed by atoms with E-state index in [2.05, 4.69) is 10.4 Å². The zero-order chi connectivity index (χ0) is 14.7. The van der Waals surface area contributed by atoms with E-state index in [0.29, 0.717) is 30.2 Å². The standard InChI is InChI=1S/C14H19N5O/c1-9-12(13(16)20)14(19(2)18-9)17-8-11-6-4-3-5-10(11)7-15/h3-6,17H,7-8,15H2,1-2H3,(H2,16,20). The van der Waals surface area contributed by atoms with Crippen molar-refractivity contribution >= 4 is 11.7 Å². The Hall–Kier alpha value is -2.34. The molecule has 0 fully saturated rings. The summed E-state index contributed by atoms with van der Waals surface area (Å²) in [5, 5.41) is 7.43. The number of rotatable bonds is 5. The summed E-state index contributed by atoms with van der Waals surface area (Å²) in [5.41, 5.74) is 14.3.